The van der Waals surface area contributed by atoms with Crippen LogP contribution in [0.15, 0.2) is 55.0 Å². The maximum absolute atomic E-state index is 13.4. The van der Waals surface area contributed by atoms with E-state index in [1.54, 1.807) is 23.0 Å². The van der Waals surface area contributed by atoms with E-state index in [4.69, 9.17) is 0 Å². The zero-order valence-corrected chi connectivity index (χ0v) is 19.7. The Balaban J connectivity index is 1.24. The lowest BCUT2D eigenvalue weighted by molar-refractivity contribution is 0.0917. The molecule has 0 atom stereocenters. The second-order valence-corrected chi connectivity index (χ2v) is 9.38. The van der Waals surface area contributed by atoms with Gasteiger partial charge in [0.2, 0.25) is 0 Å². The van der Waals surface area contributed by atoms with E-state index in [1.165, 1.54) is 31.4 Å². The first-order valence-electron chi connectivity index (χ1n) is 12.4. The Morgan fingerprint density at radius 2 is 1.54 bits per heavy atom. The second-order valence-electron chi connectivity index (χ2n) is 9.38. The molecule has 3 amide bonds. The van der Waals surface area contributed by atoms with Gasteiger partial charge in [-0.1, -0.05) is 19.3 Å². The van der Waals surface area contributed by atoms with Crippen LogP contribution in [0.1, 0.15) is 55.3 Å². The number of carbonyl (C=O) groups excluding carboxylic acids is 2. The van der Waals surface area contributed by atoms with Crippen LogP contribution in [0.3, 0.4) is 0 Å². The SMILES string of the molecule is O=C(NC1CCN(C(=O)NC2CCCCC2)CC1)c1cnn(-c2ccc(F)cc2)c1-n1cccc1. The largest absolute Gasteiger partial charge is 0.349 e. The Labute approximate surface area is 204 Å². The van der Waals surface area contributed by atoms with Crippen LogP contribution in [0.2, 0.25) is 0 Å². The number of likely N-dealkylation sites (tertiary alicyclic amines) is 1. The average molecular weight is 479 g/mol. The van der Waals surface area contributed by atoms with Crippen LogP contribution in [0, 0.1) is 5.82 Å². The van der Waals surface area contributed by atoms with Gasteiger partial charge in [-0.15, -0.1) is 0 Å². The van der Waals surface area contributed by atoms with Gasteiger partial charge < -0.3 is 20.1 Å². The predicted octanol–water partition coefficient (Wildman–Crippen LogP) is 4.04. The third kappa shape index (κ3) is 5.23. The van der Waals surface area contributed by atoms with Crippen molar-refractivity contribution in [3.63, 3.8) is 0 Å². The maximum Gasteiger partial charge on any atom is 0.317 e. The lowest BCUT2D eigenvalue weighted by atomic mass is 9.95. The van der Waals surface area contributed by atoms with E-state index < -0.39 is 0 Å². The quantitative estimate of drug-likeness (QED) is 0.581. The van der Waals surface area contributed by atoms with E-state index in [-0.39, 0.29) is 23.8 Å². The van der Waals surface area contributed by atoms with Gasteiger partial charge in [0, 0.05) is 37.6 Å². The molecular weight excluding hydrogens is 447 g/mol. The van der Waals surface area contributed by atoms with Crippen molar-refractivity contribution in [2.45, 2.75) is 57.0 Å². The molecule has 1 aliphatic heterocycles. The molecule has 5 rings (SSSR count). The average Bonchev–Trinajstić information content (AvgIpc) is 3.56. The van der Waals surface area contributed by atoms with Gasteiger partial charge in [-0.05, 0) is 62.1 Å². The number of nitrogens with one attached hydrogen (secondary N) is 2. The number of piperidine rings is 1. The first-order valence-corrected chi connectivity index (χ1v) is 12.4. The fourth-order valence-corrected chi connectivity index (χ4v) is 5.00. The van der Waals surface area contributed by atoms with Crippen molar-refractivity contribution in [1.29, 1.82) is 0 Å². The van der Waals surface area contributed by atoms with Gasteiger partial charge in [-0.2, -0.15) is 5.10 Å². The molecule has 9 heteroatoms. The topological polar surface area (TPSA) is 84.2 Å². The van der Waals surface area contributed by atoms with Crippen LogP contribution >= 0.6 is 0 Å². The first-order chi connectivity index (χ1) is 17.1. The third-order valence-electron chi connectivity index (χ3n) is 6.96. The lowest BCUT2D eigenvalue weighted by Gasteiger charge is -2.34. The minimum Gasteiger partial charge on any atom is -0.349 e. The van der Waals surface area contributed by atoms with E-state index in [2.05, 4.69) is 15.7 Å². The van der Waals surface area contributed by atoms with Gasteiger partial charge in [0.05, 0.1) is 11.9 Å². The molecule has 0 unspecified atom stereocenters. The number of carbonyl (C=O) groups is 2. The molecule has 1 aromatic carbocycles. The van der Waals surface area contributed by atoms with Gasteiger partial charge in [0.15, 0.2) is 5.82 Å². The molecule has 3 aromatic rings. The van der Waals surface area contributed by atoms with Gasteiger partial charge in [-0.25, -0.2) is 13.9 Å². The third-order valence-corrected chi connectivity index (χ3v) is 6.96. The van der Waals surface area contributed by atoms with Crippen molar-refractivity contribution in [3.8, 4) is 11.5 Å². The van der Waals surface area contributed by atoms with Crippen LogP contribution in [0.5, 0.6) is 0 Å². The summed E-state index contributed by atoms with van der Waals surface area (Å²) in [6.07, 6.45) is 12.4. The molecule has 8 nitrogen and oxygen atoms in total. The van der Waals surface area contributed by atoms with Crippen molar-refractivity contribution in [1.82, 2.24) is 29.9 Å². The normalized spacial score (nSPS) is 17.3. The fraction of sp³-hybridized carbons (Fsp3) is 0.423. The van der Waals surface area contributed by atoms with Crippen molar-refractivity contribution in [2.24, 2.45) is 0 Å². The highest BCUT2D eigenvalue weighted by Crippen LogP contribution is 2.22. The van der Waals surface area contributed by atoms with Crippen molar-refractivity contribution >= 4 is 11.9 Å². The standard InChI is InChI=1S/C26H31FN6O2/c27-19-8-10-22(11-9-19)33-25(31-14-4-5-15-31)23(18-28-33)24(34)29-21-12-16-32(17-13-21)26(35)30-20-6-2-1-3-7-20/h4-5,8-11,14-15,18,20-21H,1-3,6-7,12-13,16-17H2,(H,29,34)(H,30,35). The van der Waals surface area contributed by atoms with E-state index >= 15 is 0 Å². The highest BCUT2D eigenvalue weighted by molar-refractivity contribution is 5.97. The van der Waals surface area contributed by atoms with Gasteiger partial charge >= 0.3 is 6.03 Å². The molecule has 2 aliphatic rings. The Hall–Kier alpha value is -3.62. The lowest BCUT2D eigenvalue weighted by Crippen LogP contribution is -2.51. The van der Waals surface area contributed by atoms with E-state index in [0.717, 1.165) is 12.8 Å². The van der Waals surface area contributed by atoms with E-state index in [1.807, 2.05) is 34.0 Å². The second kappa shape index (κ2) is 10.3. The smallest absolute Gasteiger partial charge is 0.317 e. The van der Waals surface area contributed by atoms with Gasteiger partial charge in [-0.3, -0.25) is 4.79 Å². The van der Waals surface area contributed by atoms with E-state index in [0.29, 0.717) is 49.0 Å². The summed E-state index contributed by atoms with van der Waals surface area (Å²) in [5, 5.41) is 10.7. The fourth-order valence-electron chi connectivity index (χ4n) is 5.00. The monoisotopic (exact) mass is 478 g/mol. The zero-order valence-electron chi connectivity index (χ0n) is 19.7. The Kier molecular flexibility index (Phi) is 6.83. The molecule has 2 aromatic heterocycles. The Bertz CT molecular complexity index is 1140. The number of benzene rings is 1. The number of hydrogen-bond acceptors (Lipinski definition) is 3. The van der Waals surface area contributed by atoms with Crippen LogP contribution in [0.4, 0.5) is 9.18 Å². The molecule has 1 saturated heterocycles. The van der Waals surface area contributed by atoms with Crippen LogP contribution in [0.25, 0.3) is 11.5 Å². The molecule has 3 heterocycles. The number of rotatable bonds is 5. The summed E-state index contributed by atoms with van der Waals surface area (Å²) in [5.74, 6) is 0.0377. The van der Waals surface area contributed by atoms with Gasteiger partial charge in [0.1, 0.15) is 11.4 Å². The predicted molar refractivity (Wildman–Crippen MR) is 130 cm³/mol. The number of amides is 3. The molecule has 35 heavy (non-hydrogen) atoms. The number of hydrogen-bond donors (Lipinski definition) is 2. The Morgan fingerprint density at radius 3 is 2.23 bits per heavy atom. The van der Waals surface area contributed by atoms with Crippen molar-refractivity contribution in [3.05, 3.63) is 66.4 Å². The molecule has 2 fully saturated rings. The summed E-state index contributed by atoms with van der Waals surface area (Å²) in [5.41, 5.74) is 1.09. The molecule has 0 bridgehead atoms. The van der Waals surface area contributed by atoms with Crippen molar-refractivity contribution < 1.29 is 14.0 Å². The van der Waals surface area contributed by atoms with Crippen molar-refractivity contribution in [2.75, 3.05) is 13.1 Å². The highest BCUT2D eigenvalue weighted by Gasteiger charge is 2.27. The molecule has 0 spiro atoms. The highest BCUT2D eigenvalue weighted by atomic mass is 19.1. The molecule has 1 aliphatic carbocycles. The zero-order chi connectivity index (χ0) is 24.2. The van der Waals surface area contributed by atoms with Gasteiger partial charge in [0.25, 0.3) is 5.91 Å². The minimum absolute atomic E-state index is 0.0112. The summed E-state index contributed by atoms with van der Waals surface area (Å²) in [6, 6.07) is 10.0. The number of urea groups is 1. The minimum atomic E-state index is -0.333. The summed E-state index contributed by atoms with van der Waals surface area (Å²) in [6.45, 7) is 1.23. The number of nitrogens with zero attached hydrogens (tertiary/aromatic N) is 4. The summed E-state index contributed by atoms with van der Waals surface area (Å²) in [4.78, 5) is 27.8. The molecule has 0 radical (unpaired) electrons. The molecule has 1 saturated carbocycles. The van der Waals surface area contributed by atoms with Crippen LogP contribution < -0.4 is 10.6 Å². The molecule has 2 N–H and O–H groups in total. The first kappa shape index (κ1) is 23.1. The number of halogens is 1. The molecule has 184 valence electrons. The molecular formula is C26H31FN6O2. The van der Waals surface area contributed by atoms with E-state index in [9.17, 15) is 14.0 Å². The maximum atomic E-state index is 13.4. The van der Waals surface area contributed by atoms with Crippen LogP contribution in [-0.2, 0) is 0 Å². The summed E-state index contributed by atoms with van der Waals surface area (Å²) < 4.78 is 16.9. The summed E-state index contributed by atoms with van der Waals surface area (Å²) in [7, 11) is 0. The Morgan fingerprint density at radius 1 is 0.886 bits per heavy atom. The van der Waals surface area contributed by atoms with Crippen LogP contribution in [-0.4, -0.2) is 56.4 Å². The summed E-state index contributed by atoms with van der Waals surface area (Å²) >= 11 is 0. The number of aromatic nitrogens is 3.